The highest BCUT2D eigenvalue weighted by atomic mass is 16.3. The first kappa shape index (κ1) is 29.6. The Labute approximate surface area is 256 Å². The zero-order valence-electron chi connectivity index (χ0n) is 25.7. The first-order valence-electron chi connectivity index (χ1n) is 14.9. The van der Waals surface area contributed by atoms with Gasteiger partial charge in [-0.2, -0.15) is 0 Å². The van der Waals surface area contributed by atoms with Gasteiger partial charge in [-0.3, -0.25) is 19.5 Å². The second-order valence-electron chi connectivity index (χ2n) is 12.6. The molecule has 6 rings (SSSR count). The lowest BCUT2D eigenvalue weighted by atomic mass is 9.90. The van der Waals surface area contributed by atoms with E-state index in [9.17, 15) is 19.8 Å². The normalized spacial score (nSPS) is 18.5. The van der Waals surface area contributed by atoms with Gasteiger partial charge in [0.15, 0.2) is 0 Å². The standard InChI is InChI=1S/C33H39N7O4/c1-6-24(21-11-26(31(43)37(5)16-21)36-29-8-7-22(15-35-29)38-17-23(42)18-38)25(19-41)30(34-4)40-10-9-39-27(32(40)44)12-20-13-33(2,3)14-28(20)39/h6-8,11-12,15-16,23,41-42H,1,9-10,13-14,17-19H2,2-5H3,(H,35,36)/b25-24+,34-30?. The number of carbonyl (C=O) groups is 1. The molecule has 0 saturated carbocycles. The lowest BCUT2D eigenvalue weighted by molar-refractivity contribution is 0.0805. The predicted octanol–water partition coefficient (Wildman–Crippen LogP) is 2.75. The monoisotopic (exact) mass is 597 g/mol. The Morgan fingerprint density at radius 1 is 1.20 bits per heavy atom. The number of amides is 1. The molecule has 0 unspecified atom stereocenters. The molecule has 230 valence electrons. The van der Waals surface area contributed by atoms with Gasteiger partial charge >= 0.3 is 0 Å². The van der Waals surface area contributed by atoms with E-state index in [0.717, 1.165) is 18.5 Å². The van der Waals surface area contributed by atoms with E-state index in [1.165, 1.54) is 15.8 Å². The fraction of sp³-hybridized carbons (Fsp3) is 0.394. The number of aryl methyl sites for hydroxylation is 1. The van der Waals surface area contributed by atoms with Crippen molar-refractivity contribution in [1.82, 2.24) is 19.0 Å². The maximum Gasteiger partial charge on any atom is 0.276 e. The number of fused-ring (bicyclic) bond motifs is 3. The summed E-state index contributed by atoms with van der Waals surface area (Å²) in [5.41, 5.74) is 5.86. The number of carbonyl (C=O) groups excluding carboxylic acids is 1. The summed E-state index contributed by atoms with van der Waals surface area (Å²) in [5.74, 6) is 0.712. The van der Waals surface area contributed by atoms with Crippen LogP contribution < -0.4 is 15.8 Å². The molecule has 1 amide bonds. The number of β-amino-alcohol motifs (C(OH)–C–C–N with tert-alkyl or cyclic N) is 1. The smallest absolute Gasteiger partial charge is 0.276 e. The van der Waals surface area contributed by atoms with Gasteiger partial charge in [-0.1, -0.05) is 26.5 Å². The van der Waals surface area contributed by atoms with Crippen LogP contribution in [0.25, 0.3) is 5.57 Å². The fourth-order valence-electron chi connectivity index (χ4n) is 6.62. The Hall–Kier alpha value is -4.48. The van der Waals surface area contributed by atoms with Crippen molar-refractivity contribution in [3.63, 3.8) is 0 Å². The van der Waals surface area contributed by atoms with E-state index in [-0.39, 0.29) is 29.6 Å². The Kier molecular flexibility index (Phi) is 7.54. The number of hydrogen-bond acceptors (Lipinski definition) is 8. The summed E-state index contributed by atoms with van der Waals surface area (Å²) < 4.78 is 3.60. The molecule has 1 aliphatic carbocycles. The molecule has 0 aromatic carbocycles. The number of aliphatic imine (C=N–C) groups is 1. The largest absolute Gasteiger partial charge is 0.392 e. The Morgan fingerprint density at radius 3 is 2.61 bits per heavy atom. The van der Waals surface area contributed by atoms with E-state index in [4.69, 9.17) is 0 Å². The molecule has 0 radical (unpaired) electrons. The highest BCUT2D eigenvalue weighted by molar-refractivity contribution is 6.16. The molecule has 3 aliphatic rings. The van der Waals surface area contributed by atoms with Crippen LogP contribution in [-0.4, -0.2) is 80.4 Å². The van der Waals surface area contributed by atoms with Crippen molar-refractivity contribution < 1.29 is 15.0 Å². The number of rotatable bonds is 7. The number of amidine groups is 1. The predicted molar refractivity (Wildman–Crippen MR) is 172 cm³/mol. The van der Waals surface area contributed by atoms with Gasteiger partial charge in [0.25, 0.3) is 11.5 Å². The van der Waals surface area contributed by atoms with Crippen LogP contribution in [0.4, 0.5) is 17.2 Å². The summed E-state index contributed by atoms with van der Waals surface area (Å²) in [5, 5.41) is 23.4. The van der Waals surface area contributed by atoms with E-state index in [1.807, 2.05) is 17.0 Å². The van der Waals surface area contributed by atoms with Gasteiger partial charge in [-0.05, 0) is 53.7 Å². The maximum atomic E-state index is 13.8. The molecule has 11 heteroatoms. The number of allylic oxidation sites excluding steroid dienone is 2. The summed E-state index contributed by atoms with van der Waals surface area (Å²) in [7, 11) is 3.26. The van der Waals surface area contributed by atoms with Crippen LogP contribution in [0, 0.1) is 5.41 Å². The number of aliphatic hydroxyl groups excluding tert-OH is 2. The molecule has 0 atom stereocenters. The minimum atomic E-state index is -0.386. The van der Waals surface area contributed by atoms with Crippen LogP contribution in [-0.2, 0) is 26.4 Å². The van der Waals surface area contributed by atoms with Crippen LogP contribution in [0.15, 0.2) is 64.7 Å². The number of aliphatic hydroxyl groups is 2. The van der Waals surface area contributed by atoms with Crippen molar-refractivity contribution >= 4 is 34.5 Å². The van der Waals surface area contributed by atoms with Gasteiger partial charge < -0.3 is 29.6 Å². The minimum absolute atomic E-state index is 0.150. The quantitative estimate of drug-likeness (QED) is 0.217. The van der Waals surface area contributed by atoms with Gasteiger partial charge in [-0.15, -0.1) is 0 Å². The topological polar surface area (TPSA) is 128 Å². The summed E-state index contributed by atoms with van der Waals surface area (Å²) in [6.07, 6.45) is 6.56. The number of hydrogen-bond donors (Lipinski definition) is 3. The van der Waals surface area contributed by atoms with Crippen LogP contribution in [0.2, 0.25) is 0 Å². The molecule has 5 heterocycles. The third kappa shape index (κ3) is 5.16. The fourth-order valence-corrected chi connectivity index (χ4v) is 6.62. The molecule has 0 spiro atoms. The van der Waals surface area contributed by atoms with Crippen molar-refractivity contribution in [2.75, 3.05) is 43.5 Å². The molecule has 3 aromatic rings. The maximum absolute atomic E-state index is 13.8. The van der Waals surface area contributed by atoms with Gasteiger partial charge in [0.1, 0.15) is 23.0 Å². The highest BCUT2D eigenvalue weighted by Gasteiger charge is 2.38. The number of nitrogens with zero attached hydrogens (tertiary/aromatic N) is 6. The second-order valence-corrected chi connectivity index (χ2v) is 12.6. The first-order valence-corrected chi connectivity index (χ1v) is 14.9. The third-order valence-corrected chi connectivity index (χ3v) is 8.78. The Balaban J connectivity index is 1.31. The summed E-state index contributed by atoms with van der Waals surface area (Å²) in [6.45, 7) is 10.3. The van der Waals surface area contributed by atoms with Crippen molar-refractivity contribution in [2.24, 2.45) is 17.5 Å². The van der Waals surface area contributed by atoms with E-state index >= 15 is 0 Å². The van der Waals surface area contributed by atoms with E-state index < -0.39 is 0 Å². The van der Waals surface area contributed by atoms with E-state index in [1.54, 1.807) is 49.6 Å². The lowest BCUT2D eigenvalue weighted by Crippen LogP contribution is -2.50. The molecular formula is C33H39N7O4. The van der Waals surface area contributed by atoms with Crippen LogP contribution in [0.5, 0.6) is 0 Å². The first-order chi connectivity index (χ1) is 21.0. The molecule has 2 aliphatic heterocycles. The molecule has 1 saturated heterocycles. The molecule has 3 N–H and O–H groups in total. The number of aromatic nitrogens is 3. The average Bonchev–Trinajstić information content (AvgIpc) is 3.47. The minimum Gasteiger partial charge on any atom is -0.392 e. The van der Waals surface area contributed by atoms with Crippen molar-refractivity contribution in [3.8, 4) is 0 Å². The number of nitrogens with one attached hydrogen (secondary N) is 1. The molecule has 44 heavy (non-hydrogen) atoms. The lowest BCUT2D eigenvalue weighted by Gasteiger charge is -2.37. The van der Waals surface area contributed by atoms with Gasteiger partial charge in [0.05, 0.1) is 24.6 Å². The van der Waals surface area contributed by atoms with Gasteiger partial charge in [0, 0.05) is 63.3 Å². The Bertz CT molecular complexity index is 1760. The number of pyridine rings is 2. The van der Waals surface area contributed by atoms with Crippen LogP contribution in [0.3, 0.4) is 0 Å². The van der Waals surface area contributed by atoms with Gasteiger partial charge in [-0.25, -0.2) is 4.98 Å². The highest BCUT2D eigenvalue weighted by Crippen LogP contribution is 2.39. The van der Waals surface area contributed by atoms with Crippen LogP contribution in [0.1, 0.15) is 41.2 Å². The van der Waals surface area contributed by atoms with Gasteiger partial charge in [0.2, 0.25) is 0 Å². The van der Waals surface area contributed by atoms with E-state index in [2.05, 4.69) is 40.3 Å². The van der Waals surface area contributed by atoms with Crippen LogP contribution >= 0.6 is 0 Å². The molecule has 0 bridgehead atoms. The molecule has 1 fully saturated rings. The SMILES string of the molecule is C=C/C(=C(/CO)C(=NC)N1CCn2c(cc3c2CC(C)(C)C3)C1=O)c1cc(Nc2ccc(N3CC(O)C3)cn2)c(=O)n(C)c1. The second kappa shape index (κ2) is 11.2. The molecular weight excluding hydrogens is 558 g/mol. The van der Waals surface area contributed by atoms with E-state index in [0.29, 0.717) is 65.9 Å². The number of anilines is 3. The zero-order chi connectivity index (χ0) is 31.3. The molecule has 11 nitrogen and oxygen atoms in total. The zero-order valence-corrected chi connectivity index (χ0v) is 25.7. The summed E-state index contributed by atoms with van der Waals surface area (Å²) in [6, 6.07) is 7.38. The van der Waals surface area contributed by atoms with Crippen molar-refractivity contribution in [2.45, 2.75) is 39.3 Å². The summed E-state index contributed by atoms with van der Waals surface area (Å²) >= 11 is 0. The van der Waals surface area contributed by atoms with Crippen molar-refractivity contribution in [3.05, 3.63) is 87.8 Å². The average molecular weight is 598 g/mol. The molecule has 3 aromatic heterocycles. The summed E-state index contributed by atoms with van der Waals surface area (Å²) in [4.78, 5) is 39.5. The third-order valence-electron chi connectivity index (χ3n) is 8.78. The van der Waals surface area contributed by atoms with Crippen molar-refractivity contribution in [1.29, 1.82) is 0 Å². The Morgan fingerprint density at radius 2 is 1.98 bits per heavy atom.